The molecule has 0 aromatic carbocycles. The summed E-state index contributed by atoms with van der Waals surface area (Å²) in [6.45, 7) is 4.09. The first-order chi connectivity index (χ1) is 8.59. The van der Waals surface area contributed by atoms with Gasteiger partial charge in [-0.15, -0.1) is 0 Å². The second-order valence-electron chi connectivity index (χ2n) is 5.58. The minimum atomic E-state index is -0.669. The van der Waals surface area contributed by atoms with Gasteiger partial charge in [-0.2, -0.15) is 11.8 Å². The second kappa shape index (κ2) is 6.26. The summed E-state index contributed by atoms with van der Waals surface area (Å²) >= 11 is 1.88. The largest absolute Gasteiger partial charge is 0.388 e. The zero-order valence-electron chi connectivity index (χ0n) is 11.2. The van der Waals surface area contributed by atoms with Crippen molar-refractivity contribution in [3.63, 3.8) is 0 Å². The molecule has 2 aliphatic rings. The van der Waals surface area contributed by atoms with Crippen LogP contribution in [0, 0.1) is 0 Å². The number of aliphatic hydroxyl groups is 1. The summed E-state index contributed by atoms with van der Waals surface area (Å²) < 4.78 is 0. The Kier molecular flexibility index (Phi) is 4.92. The molecule has 0 radical (unpaired) electrons. The molecule has 1 unspecified atom stereocenters. The van der Waals surface area contributed by atoms with Crippen LogP contribution in [-0.2, 0) is 4.79 Å². The topological polar surface area (TPSA) is 52.6 Å². The minimum absolute atomic E-state index is 0.0513. The molecule has 2 fully saturated rings. The highest BCUT2D eigenvalue weighted by atomic mass is 32.2. The van der Waals surface area contributed by atoms with E-state index in [9.17, 15) is 9.90 Å². The third-order valence-corrected chi connectivity index (χ3v) is 5.06. The van der Waals surface area contributed by atoms with Gasteiger partial charge in [-0.25, -0.2) is 0 Å². The summed E-state index contributed by atoms with van der Waals surface area (Å²) in [5.41, 5.74) is -0.669. The van der Waals surface area contributed by atoms with Crippen molar-refractivity contribution in [2.45, 2.75) is 44.2 Å². The number of hydrogen-bond acceptors (Lipinski definition) is 4. The lowest BCUT2D eigenvalue weighted by Gasteiger charge is -2.32. The first kappa shape index (κ1) is 14.2. The Hall–Kier alpha value is -0.260. The third kappa shape index (κ3) is 3.87. The number of nitrogens with one attached hydrogen (secondary N) is 1. The van der Waals surface area contributed by atoms with Gasteiger partial charge in [-0.05, 0) is 50.7 Å². The standard InChI is InChI=1S/C13H24N2O2S/c1-11-3-2-6-15(11)9-12(16)14-10-13(17)4-7-18-8-5-13/h11,17H,2-10H2,1H3,(H,14,16). The number of carbonyl (C=O) groups excluding carboxylic acids is 1. The van der Waals surface area contributed by atoms with Crippen LogP contribution in [0.3, 0.4) is 0 Å². The summed E-state index contributed by atoms with van der Waals surface area (Å²) in [5, 5.41) is 13.2. The summed E-state index contributed by atoms with van der Waals surface area (Å²) in [7, 11) is 0. The second-order valence-corrected chi connectivity index (χ2v) is 6.80. The maximum atomic E-state index is 11.9. The van der Waals surface area contributed by atoms with Gasteiger partial charge in [0.1, 0.15) is 0 Å². The van der Waals surface area contributed by atoms with E-state index in [0.717, 1.165) is 30.9 Å². The van der Waals surface area contributed by atoms with E-state index in [1.807, 2.05) is 11.8 Å². The van der Waals surface area contributed by atoms with Crippen molar-refractivity contribution < 1.29 is 9.90 Å². The van der Waals surface area contributed by atoms with Crippen molar-refractivity contribution in [1.82, 2.24) is 10.2 Å². The number of carbonyl (C=O) groups is 1. The van der Waals surface area contributed by atoms with E-state index < -0.39 is 5.60 Å². The number of rotatable bonds is 4. The molecule has 1 atom stereocenters. The van der Waals surface area contributed by atoms with Gasteiger partial charge in [-0.3, -0.25) is 9.69 Å². The lowest BCUT2D eigenvalue weighted by atomic mass is 9.97. The molecular formula is C13H24N2O2S. The smallest absolute Gasteiger partial charge is 0.234 e. The highest BCUT2D eigenvalue weighted by Gasteiger charge is 2.30. The van der Waals surface area contributed by atoms with Crippen LogP contribution in [0.2, 0.25) is 0 Å². The van der Waals surface area contributed by atoms with E-state index in [-0.39, 0.29) is 5.91 Å². The molecule has 2 saturated heterocycles. The van der Waals surface area contributed by atoms with Gasteiger partial charge in [0.15, 0.2) is 0 Å². The minimum Gasteiger partial charge on any atom is -0.388 e. The van der Waals surface area contributed by atoms with Gasteiger partial charge < -0.3 is 10.4 Å². The molecule has 0 aromatic heterocycles. The zero-order valence-corrected chi connectivity index (χ0v) is 12.0. The molecular weight excluding hydrogens is 248 g/mol. The molecule has 2 heterocycles. The molecule has 5 heteroatoms. The van der Waals surface area contributed by atoms with Crippen molar-refractivity contribution in [1.29, 1.82) is 0 Å². The normalized spacial score (nSPS) is 28.2. The van der Waals surface area contributed by atoms with E-state index in [1.165, 1.54) is 12.8 Å². The van der Waals surface area contributed by atoms with Crippen LogP contribution in [0.4, 0.5) is 0 Å². The first-order valence-electron chi connectivity index (χ1n) is 6.90. The third-order valence-electron chi connectivity index (χ3n) is 4.08. The van der Waals surface area contributed by atoms with Gasteiger partial charge in [0.2, 0.25) is 5.91 Å². The van der Waals surface area contributed by atoms with Gasteiger partial charge in [0.25, 0.3) is 0 Å². The zero-order chi connectivity index (χ0) is 13.0. The predicted octanol–water partition coefficient (Wildman–Crippen LogP) is 0.845. The Bertz CT molecular complexity index is 293. The van der Waals surface area contributed by atoms with Crippen LogP contribution in [-0.4, -0.2) is 58.7 Å². The maximum absolute atomic E-state index is 11.9. The Labute approximate surface area is 113 Å². The summed E-state index contributed by atoms with van der Waals surface area (Å²) in [6.07, 6.45) is 3.96. The number of nitrogens with zero attached hydrogens (tertiary/aromatic N) is 1. The monoisotopic (exact) mass is 272 g/mol. The molecule has 2 aliphatic heterocycles. The number of hydrogen-bond donors (Lipinski definition) is 2. The Morgan fingerprint density at radius 1 is 1.50 bits per heavy atom. The first-order valence-corrected chi connectivity index (χ1v) is 8.05. The fourth-order valence-electron chi connectivity index (χ4n) is 2.66. The lowest BCUT2D eigenvalue weighted by Crippen LogP contribution is -2.48. The fourth-order valence-corrected chi connectivity index (χ4v) is 3.91. The highest BCUT2D eigenvalue weighted by molar-refractivity contribution is 7.99. The molecule has 2 N–H and O–H groups in total. The van der Waals surface area contributed by atoms with Crippen LogP contribution in [0.1, 0.15) is 32.6 Å². The Morgan fingerprint density at radius 2 is 2.22 bits per heavy atom. The van der Waals surface area contributed by atoms with Crippen molar-refractivity contribution in [3.8, 4) is 0 Å². The van der Waals surface area contributed by atoms with E-state index in [2.05, 4.69) is 17.1 Å². The molecule has 0 aromatic rings. The van der Waals surface area contributed by atoms with E-state index in [4.69, 9.17) is 0 Å². The summed E-state index contributed by atoms with van der Waals surface area (Å²) in [5.74, 6) is 2.04. The maximum Gasteiger partial charge on any atom is 0.234 e. The fraction of sp³-hybridized carbons (Fsp3) is 0.923. The highest BCUT2D eigenvalue weighted by Crippen LogP contribution is 2.26. The molecule has 0 bridgehead atoms. The number of likely N-dealkylation sites (tertiary alicyclic amines) is 1. The molecule has 2 rings (SSSR count). The molecule has 1 amide bonds. The van der Waals surface area contributed by atoms with Gasteiger partial charge in [-0.1, -0.05) is 0 Å². The van der Waals surface area contributed by atoms with Crippen LogP contribution >= 0.6 is 11.8 Å². The summed E-state index contributed by atoms with van der Waals surface area (Å²) in [4.78, 5) is 14.1. The van der Waals surface area contributed by atoms with Crippen LogP contribution in [0.15, 0.2) is 0 Å². The van der Waals surface area contributed by atoms with Crippen LogP contribution in [0.5, 0.6) is 0 Å². The van der Waals surface area contributed by atoms with Gasteiger partial charge >= 0.3 is 0 Å². The van der Waals surface area contributed by atoms with Crippen molar-refractivity contribution in [2.24, 2.45) is 0 Å². The average molecular weight is 272 g/mol. The molecule has 0 aliphatic carbocycles. The van der Waals surface area contributed by atoms with Crippen molar-refractivity contribution in [3.05, 3.63) is 0 Å². The van der Waals surface area contributed by atoms with Crippen LogP contribution in [0.25, 0.3) is 0 Å². The van der Waals surface area contributed by atoms with E-state index in [0.29, 0.717) is 19.1 Å². The Balaban J connectivity index is 1.70. The van der Waals surface area contributed by atoms with Gasteiger partial charge in [0.05, 0.1) is 12.1 Å². The molecule has 4 nitrogen and oxygen atoms in total. The van der Waals surface area contributed by atoms with E-state index >= 15 is 0 Å². The SMILES string of the molecule is CC1CCCN1CC(=O)NCC1(O)CCSCC1. The number of thioether (sulfide) groups is 1. The average Bonchev–Trinajstić information content (AvgIpc) is 2.74. The van der Waals surface area contributed by atoms with Crippen molar-refractivity contribution in [2.75, 3.05) is 31.1 Å². The summed E-state index contributed by atoms with van der Waals surface area (Å²) in [6, 6.07) is 0.518. The van der Waals surface area contributed by atoms with Gasteiger partial charge in [0, 0.05) is 12.6 Å². The predicted molar refractivity (Wildman–Crippen MR) is 74.8 cm³/mol. The van der Waals surface area contributed by atoms with E-state index in [1.54, 1.807) is 0 Å². The quantitative estimate of drug-likeness (QED) is 0.796. The molecule has 0 spiro atoms. The van der Waals surface area contributed by atoms with Crippen molar-refractivity contribution >= 4 is 17.7 Å². The molecule has 18 heavy (non-hydrogen) atoms. The number of amides is 1. The molecule has 104 valence electrons. The van der Waals surface area contributed by atoms with Crippen LogP contribution < -0.4 is 5.32 Å². The Morgan fingerprint density at radius 3 is 2.83 bits per heavy atom. The lowest BCUT2D eigenvalue weighted by molar-refractivity contribution is -0.123. The molecule has 0 saturated carbocycles.